The molecule has 0 unspecified atom stereocenters. The molecule has 2 aromatic heterocycles. The van der Waals surface area contributed by atoms with E-state index in [1.807, 2.05) is 21.8 Å². The third-order valence-corrected chi connectivity index (χ3v) is 4.64. The predicted octanol–water partition coefficient (Wildman–Crippen LogP) is 2.21. The zero-order chi connectivity index (χ0) is 15.6. The van der Waals surface area contributed by atoms with Gasteiger partial charge in [-0.25, -0.2) is 0 Å². The molecule has 1 aliphatic heterocycles. The molecule has 2 aromatic rings. The fraction of sp³-hybridized carbons (Fsp3) is 0.562. The van der Waals surface area contributed by atoms with Crippen molar-refractivity contribution in [3.05, 3.63) is 35.9 Å². The molecule has 0 saturated carbocycles. The smallest absolute Gasteiger partial charge is 0.257 e. The van der Waals surface area contributed by atoms with Crippen LogP contribution in [0.15, 0.2) is 24.7 Å². The molecule has 6 heteroatoms. The molecular weight excluding hydrogens is 278 g/mol. The summed E-state index contributed by atoms with van der Waals surface area (Å²) in [5, 5.41) is 11.4. The summed E-state index contributed by atoms with van der Waals surface area (Å²) in [5.74, 6) is 0.0917. The van der Waals surface area contributed by atoms with Crippen LogP contribution in [0.4, 0.5) is 0 Å². The summed E-state index contributed by atoms with van der Waals surface area (Å²) in [6.07, 6.45) is 8.24. The maximum Gasteiger partial charge on any atom is 0.257 e. The van der Waals surface area contributed by atoms with Crippen molar-refractivity contribution in [3.8, 4) is 0 Å². The fourth-order valence-electron chi connectivity index (χ4n) is 3.07. The number of rotatable bonds is 4. The van der Waals surface area contributed by atoms with Gasteiger partial charge in [-0.05, 0) is 25.3 Å². The number of hydrogen-bond acceptors (Lipinski definition) is 3. The van der Waals surface area contributed by atoms with Crippen LogP contribution in [0, 0.1) is 0 Å². The Kier molecular flexibility index (Phi) is 4.00. The fourth-order valence-corrected chi connectivity index (χ4v) is 3.07. The van der Waals surface area contributed by atoms with Crippen molar-refractivity contribution in [2.24, 2.45) is 0 Å². The number of carbonyl (C=O) groups excluding carboxylic acids is 1. The molecular formula is C16H23N5O. The van der Waals surface area contributed by atoms with Crippen molar-refractivity contribution in [2.75, 3.05) is 13.1 Å². The molecule has 3 heterocycles. The second-order valence-corrected chi connectivity index (χ2v) is 6.32. The molecule has 1 saturated heterocycles. The van der Waals surface area contributed by atoms with E-state index < -0.39 is 0 Å². The Morgan fingerprint density at radius 2 is 2.18 bits per heavy atom. The number of likely N-dealkylation sites (tertiary alicyclic amines) is 1. The first-order valence-electron chi connectivity index (χ1n) is 7.94. The first-order valence-corrected chi connectivity index (χ1v) is 7.94. The van der Waals surface area contributed by atoms with E-state index in [2.05, 4.69) is 29.1 Å². The summed E-state index contributed by atoms with van der Waals surface area (Å²) >= 11 is 0. The van der Waals surface area contributed by atoms with Crippen molar-refractivity contribution in [1.29, 1.82) is 0 Å². The van der Waals surface area contributed by atoms with Crippen molar-refractivity contribution in [3.63, 3.8) is 0 Å². The highest BCUT2D eigenvalue weighted by molar-refractivity contribution is 5.93. The highest BCUT2D eigenvalue weighted by Gasteiger charge is 2.34. The van der Waals surface area contributed by atoms with Gasteiger partial charge < -0.3 is 4.90 Å². The van der Waals surface area contributed by atoms with Gasteiger partial charge in [0.2, 0.25) is 0 Å². The summed E-state index contributed by atoms with van der Waals surface area (Å²) in [4.78, 5) is 14.5. The molecule has 1 amide bonds. The number of amides is 1. The van der Waals surface area contributed by atoms with Crippen LogP contribution in [0.25, 0.3) is 0 Å². The van der Waals surface area contributed by atoms with Crippen molar-refractivity contribution < 1.29 is 4.79 Å². The standard InChI is InChI=1S/C16H23N5O/c1-3-8-21-12-13(11-18-21)15(22)20-9-5-16(2,6-10-20)14-4-7-17-19-14/h4,7,11-12H,3,5-6,8-10H2,1-2H3,(H,17,19). The number of piperidine rings is 1. The Hall–Kier alpha value is -2.11. The summed E-state index contributed by atoms with van der Waals surface area (Å²) in [7, 11) is 0. The summed E-state index contributed by atoms with van der Waals surface area (Å²) in [6.45, 7) is 6.73. The van der Waals surface area contributed by atoms with Crippen LogP contribution in [-0.4, -0.2) is 43.9 Å². The molecule has 0 aliphatic carbocycles. The molecule has 0 aromatic carbocycles. The van der Waals surface area contributed by atoms with Gasteiger partial charge in [-0.3, -0.25) is 14.6 Å². The molecule has 0 radical (unpaired) electrons. The summed E-state index contributed by atoms with van der Waals surface area (Å²) < 4.78 is 1.84. The Bertz CT molecular complexity index is 623. The van der Waals surface area contributed by atoms with Gasteiger partial charge in [0.15, 0.2) is 0 Å². The minimum Gasteiger partial charge on any atom is -0.338 e. The van der Waals surface area contributed by atoms with Crippen LogP contribution < -0.4 is 0 Å². The van der Waals surface area contributed by atoms with Crippen LogP contribution >= 0.6 is 0 Å². The largest absolute Gasteiger partial charge is 0.338 e. The molecule has 3 rings (SSSR count). The van der Waals surface area contributed by atoms with Gasteiger partial charge in [0.05, 0.1) is 11.8 Å². The first-order chi connectivity index (χ1) is 10.6. The van der Waals surface area contributed by atoms with Gasteiger partial charge in [-0.2, -0.15) is 10.2 Å². The normalized spacial score (nSPS) is 17.6. The highest BCUT2D eigenvalue weighted by atomic mass is 16.2. The average molecular weight is 301 g/mol. The Morgan fingerprint density at radius 3 is 2.82 bits per heavy atom. The molecule has 1 aliphatic rings. The second kappa shape index (κ2) is 5.94. The Balaban J connectivity index is 1.64. The van der Waals surface area contributed by atoms with Gasteiger partial charge in [0.25, 0.3) is 5.91 Å². The molecule has 118 valence electrons. The van der Waals surface area contributed by atoms with Crippen molar-refractivity contribution in [2.45, 2.75) is 45.1 Å². The molecule has 0 spiro atoms. The monoisotopic (exact) mass is 301 g/mol. The van der Waals surface area contributed by atoms with Gasteiger partial charge >= 0.3 is 0 Å². The van der Waals surface area contributed by atoms with Gasteiger partial charge in [0, 0.05) is 43.1 Å². The molecule has 1 fully saturated rings. The van der Waals surface area contributed by atoms with Crippen LogP contribution in [0.3, 0.4) is 0 Å². The minimum absolute atomic E-state index is 0.0830. The number of nitrogens with one attached hydrogen (secondary N) is 1. The van der Waals surface area contributed by atoms with Crippen LogP contribution in [0.5, 0.6) is 0 Å². The Morgan fingerprint density at radius 1 is 1.41 bits per heavy atom. The van der Waals surface area contributed by atoms with E-state index in [1.54, 1.807) is 12.4 Å². The van der Waals surface area contributed by atoms with Crippen molar-refractivity contribution in [1.82, 2.24) is 24.9 Å². The number of H-pyrrole nitrogens is 1. The van der Waals surface area contributed by atoms with Gasteiger partial charge in [0.1, 0.15) is 0 Å². The van der Waals surface area contributed by atoms with E-state index in [1.165, 1.54) is 0 Å². The number of aromatic nitrogens is 4. The minimum atomic E-state index is 0.0830. The van der Waals surface area contributed by atoms with E-state index in [4.69, 9.17) is 0 Å². The first kappa shape index (κ1) is 14.8. The molecule has 0 atom stereocenters. The van der Waals surface area contributed by atoms with E-state index >= 15 is 0 Å². The molecule has 1 N–H and O–H groups in total. The lowest BCUT2D eigenvalue weighted by Gasteiger charge is -2.38. The number of carbonyl (C=O) groups is 1. The third-order valence-electron chi connectivity index (χ3n) is 4.64. The van der Waals surface area contributed by atoms with Crippen LogP contribution in [0.1, 0.15) is 49.2 Å². The quantitative estimate of drug-likeness (QED) is 0.941. The van der Waals surface area contributed by atoms with Gasteiger partial charge in [-0.1, -0.05) is 13.8 Å². The lowest BCUT2D eigenvalue weighted by atomic mass is 9.77. The number of nitrogens with zero attached hydrogens (tertiary/aromatic N) is 4. The average Bonchev–Trinajstić information content (AvgIpc) is 3.20. The maximum absolute atomic E-state index is 12.6. The molecule has 0 bridgehead atoms. The highest BCUT2D eigenvalue weighted by Crippen LogP contribution is 2.33. The predicted molar refractivity (Wildman–Crippen MR) is 83.6 cm³/mol. The van der Waals surface area contributed by atoms with Crippen molar-refractivity contribution >= 4 is 5.91 Å². The number of aromatic amines is 1. The lowest BCUT2D eigenvalue weighted by molar-refractivity contribution is 0.0673. The Labute approximate surface area is 130 Å². The van der Waals surface area contributed by atoms with E-state index in [9.17, 15) is 4.79 Å². The lowest BCUT2D eigenvalue weighted by Crippen LogP contribution is -2.44. The number of aryl methyl sites for hydroxylation is 1. The summed E-state index contributed by atoms with van der Waals surface area (Å²) in [5.41, 5.74) is 1.94. The van der Waals surface area contributed by atoms with E-state index in [-0.39, 0.29) is 11.3 Å². The van der Waals surface area contributed by atoms with E-state index in [0.29, 0.717) is 5.56 Å². The second-order valence-electron chi connectivity index (χ2n) is 6.32. The van der Waals surface area contributed by atoms with E-state index in [0.717, 1.165) is 44.6 Å². The third kappa shape index (κ3) is 2.77. The number of hydrogen-bond donors (Lipinski definition) is 1. The summed E-state index contributed by atoms with van der Waals surface area (Å²) in [6, 6.07) is 2.03. The zero-order valence-electron chi connectivity index (χ0n) is 13.2. The van der Waals surface area contributed by atoms with Crippen LogP contribution in [0.2, 0.25) is 0 Å². The zero-order valence-corrected chi connectivity index (χ0v) is 13.2. The van der Waals surface area contributed by atoms with Crippen LogP contribution in [-0.2, 0) is 12.0 Å². The topological polar surface area (TPSA) is 66.8 Å². The SMILES string of the molecule is CCCn1cc(C(=O)N2CCC(C)(c3ccn[nH]3)CC2)cn1. The molecule has 22 heavy (non-hydrogen) atoms. The maximum atomic E-state index is 12.6. The molecule has 6 nitrogen and oxygen atoms in total. The van der Waals surface area contributed by atoms with Gasteiger partial charge in [-0.15, -0.1) is 0 Å².